The van der Waals surface area contributed by atoms with Crippen molar-refractivity contribution in [2.75, 3.05) is 21.3 Å². The third-order valence-corrected chi connectivity index (χ3v) is 4.71. The van der Waals surface area contributed by atoms with Crippen LogP contribution in [0.4, 0.5) is 0 Å². The molecule has 0 amide bonds. The van der Waals surface area contributed by atoms with Gasteiger partial charge in [-0.3, -0.25) is 4.79 Å². The topological polar surface area (TPSA) is 65.0 Å². The molecular weight excluding hydrogens is 356 g/mol. The van der Waals surface area contributed by atoms with E-state index in [0.717, 1.165) is 11.1 Å². The Morgan fingerprint density at radius 2 is 1.29 bits per heavy atom. The predicted octanol–water partition coefficient (Wildman–Crippen LogP) is 3.81. The highest BCUT2D eigenvalue weighted by Gasteiger charge is 2.31. The molecule has 28 heavy (non-hydrogen) atoms. The summed E-state index contributed by atoms with van der Waals surface area (Å²) in [5.74, 6) is 1.62. The molecule has 0 bridgehead atoms. The van der Waals surface area contributed by atoms with E-state index in [4.69, 9.17) is 14.2 Å². The normalized spacial score (nSPS) is 12.7. The standard InChI is InChI=1S/C23H22O5/c1-26-20-13-17(14-21(27-2)22(20)28-3)16-9-11-19(12-10-16)23(25,15-24)18-7-5-4-6-8-18/h4-15,25H,1-3H3. The highest BCUT2D eigenvalue weighted by atomic mass is 16.5. The molecule has 3 rings (SSSR count). The van der Waals surface area contributed by atoms with Gasteiger partial charge in [-0.2, -0.15) is 0 Å². The molecule has 0 saturated heterocycles. The predicted molar refractivity (Wildman–Crippen MR) is 107 cm³/mol. The van der Waals surface area contributed by atoms with Crippen molar-refractivity contribution >= 4 is 6.29 Å². The molecule has 1 atom stereocenters. The van der Waals surface area contributed by atoms with Crippen LogP contribution in [-0.4, -0.2) is 32.7 Å². The molecule has 0 aliphatic carbocycles. The van der Waals surface area contributed by atoms with Crippen molar-refractivity contribution in [3.05, 3.63) is 77.9 Å². The van der Waals surface area contributed by atoms with Gasteiger partial charge < -0.3 is 19.3 Å². The summed E-state index contributed by atoms with van der Waals surface area (Å²) in [6.45, 7) is 0. The zero-order chi connectivity index (χ0) is 20.1. The maximum atomic E-state index is 11.7. The summed E-state index contributed by atoms with van der Waals surface area (Å²) in [6.07, 6.45) is 0.552. The SMILES string of the molecule is COc1cc(-c2ccc(C(O)(C=O)c3ccccc3)cc2)cc(OC)c1OC. The van der Waals surface area contributed by atoms with Gasteiger partial charge in [0, 0.05) is 0 Å². The second-order valence-electron chi connectivity index (χ2n) is 6.24. The van der Waals surface area contributed by atoms with E-state index < -0.39 is 5.60 Å². The lowest BCUT2D eigenvalue weighted by atomic mass is 9.87. The molecule has 0 spiro atoms. The van der Waals surface area contributed by atoms with Crippen LogP contribution in [-0.2, 0) is 10.4 Å². The Kier molecular flexibility index (Phi) is 5.66. The number of methoxy groups -OCH3 is 3. The first-order valence-corrected chi connectivity index (χ1v) is 8.72. The van der Waals surface area contributed by atoms with E-state index in [1.54, 1.807) is 57.7 Å². The number of benzene rings is 3. The van der Waals surface area contributed by atoms with Crippen molar-refractivity contribution in [1.29, 1.82) is 0 Å². The zero-order valence-corrected chi connectivity index (χ0v) is 16.0. The first-order valence-electron chi connectivity index (χ1n) is 8.72. The first kappa shape index (κ1) is 19.5. The van der Waals surface area contributed by atoms with Gasteiger partial charge in [0.1, 0.15) is 0 Å². The largest absolute Gasteiger partial charge is 0.493 e. The third-order valence-electron chi connectivity index (χ3n) is 4.71. The molecule has 3 aromatic rings. The minimum atomic E-state index is -1.70. The van der Waals surface area contributed by atoms with Crippen LogP contribution in [0.3, 0.4) is 0 Å². The smallest absolute Gasteiger partial charge is 0.203 e. The number of aliphatic hydroxyl groups is 1. The molecule has 0 heterocycles. The number of hydrogen-bond acceptors (Lipinski definition) is 5. The Labute approximate surface area is 164 Å². The zero-order valence-electron chi connectivity index (χ0n) is 16.0. The molecule has 0 radical (unpaired) electrons. The second-order valence-corrected chi connectivity index (χ2v) is 6.24. The molecule has 0 fully saturated rings. The lowest BCUT2D eigenvalue weighted by Gasteiger charge is -2.23. The van der Waals surface area contributed by atoms with Crippen LogP contribution < -0.4 is 14.2 Å². The monoisotopic (exact) mass is 378 g/mol. The first-order chi connectivity index (χ1) is 13.6. The Bertz CT molecular complexity index is 925. The van der Waals surface area contributed by atoms with Crippen LogP contribution in [0.2, 0.25) is 0 Å². The van der Waals surface area contributed by atoms with Gasteiger partial charge in [0.25, 0.3) is 0 Å². The average molecular weight is 378 g/mol. The second kappa shape index (κ2) is 8.15. The summed E-state index contributed by atoms with van der Waals surface area (Å²) in [6, 6.07) is 19.7. The summed E-state index contributed by atoms with van der Waals surface area (Å²) < 4.78 is 16.2. The highest BCUT2D eigenvalue weighted by molar-refractivity contribution is 5.75. The Balaban J connectivity index is 2.02. The van der Waals surface area contributed by atoms with Gasteiger partial charge in [-0.1, -0.05) is 54.6 Å². The highest BCUT2D eigenvalue weighted by Crippen LogP contribution is 2.41. The summed E-state index contributed by atoms with van der Waals surface area (Å²) in [5, 5.41) is 10.9. The third kappa shape index (κ3) is 3.44. The molecule has 1 N–H and O–H groups in total. The van der Waals surface area contributed by atoms with Gasteiger partial charge >= 0.3 is 0 Å². The fourth-order valence-electron chi connectivity index (χ4n) is 3.16. The lowest BCUT2D eigenvalue weighted by Crippen LogP contribution is -2.28. The molecule has 144 valence electrons. The van der Waals surface area contributed by atoms with Gasteiger partial charge in [0.05, 0.1) is 21.3 Å². The van der Waals surface area contributed by atoms with E-state index >= 15 is 0 Å². The maximum Gasteiger partial charge on any atom is 0.203 e. The van der Waals surface area contributed by atoms with E-state index in [2.05, 4.69) is 0 Å². The van der Waals surface area contributed by atoms with Gasteiger partial charge in [0.15, 0.2) is 23.4 Å². The van der Waals surface area contributed by atoms with Crippen LogP contribution in [0.25, 0.3) is 11.1 Å². The molecule has 0 aliphatic rings. The van der Waals surface area contributed by atoms with Crippen molar-refractivity contribution in [3.8, 4) is 28.4 Å². The maximum absolute atomic E-state index is 11.7. The van der Waals surface area contributed by atoms with Crippen molar-refractivity contribution in [1.82, 2.24) is 0 Å². The minimum absolute atomic E-state index is 0.491. The van der Waals surface area contributed by atoms with E-state index in [1.165, 1.54) is 0 Å². The summed E-state index contributed by atoms with van der Waals surface area (Å²) in [5.41, 5.74) is 1.05. The van der Waals surface area contributed by atoms with E-state index in [0.29, 0.717) is 34.7 Å². The van der Waals surface area contributed by atoms with Gasteiger partial charge in [-0.05, 0) is 34.4 Å². The number of carbonyl (C=O) groups is 1. The van der Waals surface area contributed by atoms with Gasteiger partial charge in [-0.25, -0.2) is 0 Å². The molecule has 5 heteroatoms. The van der Waals surface area contributed by atoms with Gasteiger partial charge in [-0.15, -0.1) is 0 Å². The van der Waals surface area contributed by atoms with Crippen LogP contribution in [0, 0.1) is 0 Å². The molecule has 0 saturated carbocycles. The Hall–Kier alpha value is -3.31. The number of ether oxygens (including phenoxy) is 3. The van der Waals surface area contributed by atoms with Crippen LogP contribution in [0.1, 0.15) is 11.1 Å². The summed E-state index contributed by atoms with van der Waals surface area (Å²) in [4.78, 5) is 11.7. The van der Waals surface area contributed by atoms with E-state index in [9.17, 15) is 9.90 Å². The van der Waals surface area contributed by atoms with Crippen molar-refractivity contribution in [2.24, 2.45) is 0 Å². The molecular formula is C23H22O5. The molecule has 3 aromatic carbocycles. The quantitative estimate of drug-likeness (QED) is 0.633. The molecule has 5 nitrogen and oxygen atoms in total. The van der Waals surface area contributed by atoms with Crippen LogP contribution in [0.5, 0.6) is 17.2 Å². The van der Waals surface area contributed by atoms with E-state index in [-0.39, 0.29) is 0 Å². The fraction of sp³-hybridized carbons (Fsp3) is 0.174. The van der Waals surface area contributed by atoms with Gasteiger partial charge in [0.2, 0.25) is 5.75 Å². The van der Waals surface area contributed by atoms with Crippen molar-refractivity contribution in [3.63, 3.8) is 0 Å². The lowest BCUT2D eigenvalue weighted by molar-refractivity contribution is -0.121. The molecule has 0 aromatic heterocycles. The molecule has 0 aliphatic heterocycles. The van der Waals surface area contributed by atoms with Crippen molar-refractivity contribution < 1.29 is 24.1 Å². The Morgan fingerprint density at radius 1 is 0.750 bits per heavy atom. The molecule has 1 unspecified atom stereocenters. The number of aldehydes is 1. The van der Waals surface area contributed by atoms with Crippen molar-refractivity contribution in [2.45, 2.75) is 5.60 Å². The van der Waals surface area contributed by atoms with Crippen LogP contribution >= 0.6 is 0 Å². The minimum Gasteiger partial charge on any atom is -0.493 e. The van der Waals surface area contributed by atoms with E-state index in [1.807, 2.05) is 30.3 Å². The average Bonchev–Trinajstić information content (AvgIpc) is 2.78. The Morgan fingerprint density at radius 3 is 1.75 bits per heavy atom. The summed E-state index contributed by atoms with van der Waals surface area (Å²) >= 11 is 0. The number of rotatable bonds is 7. The summed E-state index contributed by atoms with van der Waals surface area (Å²) in [7, 11) is 4.68. The fourth-order valence-corrected chi connectivity index (χ4v) is 3.16. The number of carbonyl (C=O) groups excluding carboxylic acids is 1. The van der Waals surface area contributed by atoms with Crippen LogP contribution in [0.15, 0.2) is 66.7 Å². The number of hydrogen-bond donors (Lipinski definition) is 1.